The lowest BCUT2D eigenvalue weighted by Crippen LogP contribution is -2.34. The highest BCUT2D eigenvalue weighted by atomic mass is 79.9. The summed E-state index contributed by atoms with van der Waals surface area (Å²) in [6.45, 7) is 2.00. The van der Waals surface area contributed by atoms with E-state index in [2.05, 4.69) is 42.6 Å². The van der Waals surface area contributed by atoms with Gasteiger partial charge >= 0.3 is 0 Å². The van der Waals surface area contributed by atoms with Crippen molar-refractivity contribution in [2.24, 2.45) is 0 Å². The zero-order valence-electron chi connectivity index (χ0n) is 16.5. The van der Waals surface area contributed by atoms with Gasteiger partial charge in [-0.3, -0.25) is 9.29 Å². The van der Waals surface area contributed by atoms with E-state index in [9.17, 15) is 0 Å². The number of nitrogens with zero attached hydrogens (tertiary/aromatic N) is 5. The molecular weight excluding hydrogens is 464 g/mol. The summed E-state index contributed by atoms with van der Waals surface area (Å²) in [7, 11) is 0. The van der Waals surface area contributed by atoms with Gasteiger partial charge in [0.15, 0.2) is 5.65 Å². The van der Waals surface area contributed by atoms with Crippen LogP contribution in [-0.4, -0.2) is 49.3 Å². The van der Waals surface area contributed by atoms with E-state index in [-0.39, 0.29) is 6.10 Å². The molecule has 1 aliphatic heterocycles. The van der Waals surface area contributed by atoms with Gasteiger partial charge in [0.05, 0.1) is 11.7 Å². The minimum atomic E-state index is 0.118. The molecule has 5 rings (SSSR count). The molecule has 0 spiro atoms. The quantitative estimate of drug-likeness (QED) is 0.429. The van der Waals surface area contributed by atoms with Gasteiger partial charge in [0.1, 0.15) is 16.4 Å². The molecule has 0 amide bonds. The number of halogens is 1. The molecule has 1 aromatic carbocycles. The molecule has 0 bridgehead atoms. The van der Waals surface area contributed by atoms with Crippen LogP contribution in [0.25, 0.3) is 27.7 Å². The van der Waals surface area contributed by atoms with Crippen LogP contribution < -0.4 is 10.5 Å². The van der Waals surface area contributed by atoms with Gasteiger partial charge in [0, 0.05) is 35.8 Å². The van der Waals surface area contributed by atoms with Crippen molar-refractivity contribution in [1.82, 2.24) is 23.9 Å². The van der Waals surface area contributed by atoms with Crippen LogP contribution in [0, 0.1) is 0 Å². The first-order chi connectivity index (χ1) is 14.6. The molecule has 1 saturated heterocycles. The van der Waals surface area contributed by atoms with Crippen molar-refractivity contribution in [3.05, 3.63) is 47.2 Å². The SMILES string of the molecule is CSN1CCC(Oc2nc3c(-c4cnc5ccccc5c4)cnn3c(N)c2Br)CC1. The van der Waals surface area contributed by atoms with Crippen molar-refractivity contribution in [3.63, 3.8) is 0 Å². The predicted molar refractivity (Wildman–Crippen MR) is 125 cm³/mol. The third-order valence-electron chi connectivity index (χ3n) is 5.43. The zero-order valence-corrected chi connectivity index (χ0v) is 18.9. The minimum absolute atomic E-state index is 0.118. The molecule has 1 fully saturated rings. The third kappa shape index (κ3) is 3.51. The monoisotopic (exact) mass is 484 g/mol. The van der Waals surface area contributed by atoms with Crippen molar-refractivity contribution in [2.75, 3.05) is 25.1 Å². The number of benzene rings is 1. The summed E-state index contributed by atoms with van der Waals surface area (Å²) in [5.74, 6) is 0.981. The Kier molecular flexibility index (Phi) is 5.26. The molecule has 154 valence electrons. The summed E-state index contributed by atoms with van der Waals surface area (Å²) in [4.78, 5) is 9.36. The summed E-state index contributed by atoms with van der Waals surface area (Å²) in [6, 6.07) is 10.1. The number of nitrogens with two attached hydrogens (primary N) is 1. The van der Waals surface area contributed by atoms with E-state index in [0.29, 0.717) is 21.8 Å². The Hall–Kier alpha value is -2.36. The summed E-state index contributed by atoms with van der Waals surface area (Å²) < 4.78 is 10.9. The number of fused-ring (bicyclic) bond motifs is 2. The highest BCUT2D eigenvalue weighted by Crippen LogP contribution is 2.35. The van der Waals surface area contributed by atoms with Gasteiger partial charge in [-0.05, 0) is 47.2 Å². The summed E-state index contributed by atoms with van der Waals surface area (Å²) in [6.07, 6.45) is 7.76. The van der Waals surface area contributed by atoms with Gasteiger partial charge in [-0.1, -0.05) is 30.1 Å². The first-order valence-corrected chi connectivity index (χ1v) is 11.7. The lowest BCUT2D eigenvalue weighted by atomic mass is 10.1. The third-order valence-corrected chi connectivity index (χ3v) is 7.06. The van der Waals surface area contributed by atoms with Gasteiger partial charge in [0.2, 0.25) is 5.88 Å². The van der Waals surface area contributed by atoms with Crippen molar-refractivity contribution in [3.8, 4) is 17.0 Å². The molecular formula is C21H21BrN6OS. The molecule has 0 saturated carbocycles. The fraction of sp³-hybridized carbons (Fsp3) is 0.286. The molecule has 0 unspecified atom stereocenters. The van der Waals surface area contributed by atoms with Crippen LogP contribution in [0.1, 0.15) is 12.8 Å². The van der Waals surface area contributed by atoms with Gasteiger partial charge in [0.25, 0.3) is 0 Å². The van der Waals surface area contributed by atoms with Crippen molar-refractivity contribution < 1.29 is 4.74 Å². The Bertz CT molecular complexity index is 1220. The van der Waals surface area contributed by atoms with Crippen LogP contribution in [0.3, 0.4) is 0 Å². The van der Waals surface area contributed by atoms with E-state index < -0.39 is 0 Å². The number of rotatable bonds is 4. The molecule has 0 aliphatic carbocycles. The number of piperidine rings is 1. The van der Waals surface area contributed by atoms with Crippen LogP contribution in [0.15, 0.2) is 47.2 Å². The standard InChI is InChI=1S/C21H21BrN6OS/c1-30-27-8-6-15(7-9-27)29-21-18(22)19(23)28-20(26-21)16(12-25-28)14-10-13-4-2-3-5-17(13)24-11-14/h2-5,10-12,15H,6-9,23H2,1H3. The molecule has 9 heteroatoms. The smallest absolute Gasteiger partial charge is 0.234 e. The van der Waals surface area contributed by atoms with Crippen molar-refractivity contribution >= 4 is 50.2 Å². The molecule has 1 aliphatic rings. The maximum absolute atomic E-state index is 6.36. The lowest BCUT2D eigenvalue weighted by molar-refractivity contribution is 0.133. The molecule has 30 heavy (non-hydrogen) atoms. The highest BCUT2D eigenvalue weighted by Gasteiger charge is 2.24. The van der Waals surface area contributed by atoms with E-state index in [1.165, 1.54) is 0 Å². The van der Waals surface area contributed by atoms with Gasteiger partial charge in [-0.25, -0.2) is 0 Å². The zero-order chi connectivity index (χ0) is 20.7. The predicted octanol–water partition coefficient (Wildman–Crippen LogP) is 4.41. The maximum Gasteiger partial charge on any atom is 0.234 e. The number of para-hydroxylation sites is 1. The largest absolute Gasteiger partial charge is 0.473 e. The number of hydrogen-bond acceptors (Lipinski definition) is 7. The molecule has 4 heterocycles. The van der Waals surface area contributed by atoms with E-state index in [0.717, 1.165) is 48.0 Å². The number of nitrogen functional groups attached to an aromatic ring is 1. The van der Waals surface area contributed by atoms with Gasteiger partial charge in [-0.15, -0.1) is 0 Å². The average molecular weight is 485 g/mol. The first-order valence-electron chi connectivity index (χ1n) is 9.77. The van der Waals surface area contributed by atoms with Crippen LogP contribution in [-0.2, 0) is 0 Å². The fourth-order valence-corrected chi connectivity index (χ4v) is 4.69. The second-order valence-electron chi connectivity index (χ2n) is 7.26. The average Bonchev–Trinajstić information content (AvgIpc) is 3.21. The Labute approximate surface area is 186 Å². The first kappa shape index (κ1) is 19.6. The van der Waals surface area contributed by atoms with Crippen molar-refractivity contribution in [2.45, 2.75) is 18.9 Å². The summed E-state index contributed by atoms with van der Waals surface area (Å²) in [5, 5.41) is 5.52. The fourth-order valence-electron chi connectivity index (χ4n) is 3.76. The lowest BCUT2D eigenvalue weighted by Gasteiger charge is -2.30. The Morgan fingerprint density at radius 1 is 1.20 bits per heavy atom. The number of aromatic nitrogens is 4. The normalized spacial score (nSPS) is 15.8. The summed E-state index contributed by atoms with van der Waals surface area (Å²) in [5.41, 5.74) is 9.78. The Morgan fingerprint density at radius 2 is 2.00 bits per heavy atom. The van der Waals surface area contributed by atoms with Crippen molar-refractivity contribution in [1.29, 1.82) is 0 Å². The van der Waals surface area contributed by atoms with Crippen LogP contribution >= 0.6 is 27.9 Å². The van der Waals surface area contributed by atoms with E-state index in [1.807, 2.05) is 30.5 Å². The molecule has 0 radical (unpaired) electrons. The topological polar surface area (TPSA) is 81.6 Å². The number of pyridine rings is 1. The Balaban J connectivity index is 1.53. The van der Waals surface area contributed by atoms with E-state index >= 15 is 0 Å². The van der Waals surface area contributed by atoms with Crippen LogP contribution in [0.2, 0.25) is 0 Å². The number of hydrogen-bond donors (Lipinski definition) is 1. The molecule has 3 aromatic heterocycles. The van der Waals surface area contributed by atoms with Crippen LogP contribution in [0.4, 0.5) is 5.82 Å². The second kappa shape index (κ2) is 8.05. The molecule has 2 N–H and O–H groups in total. The highest BCUT2D eigenvalue weighted by molar-refractivity contribution is 9.10. The maximum atomic E-state index is 6.36. The minimum Gasteiger partial charge on any atom is -0.473 e. The Morgan fingerprint density at radius 3 is 2.80 bits per heavy atom. The second-order valence-corrected chi connectivity index (χ2v) is 8.93. The molecule has 7 nitrogen and oxygen atoms in total. The number of ether oxygens (including phenoxy) is 1. The van der Waals surface area contributed by atoms with Gasteiger partial charge in [-0.2, -0.15) is 14.6 Å². The van der Waals surface area contributed by atoms with E-state index in [1.54, 1.807) is 22.7 Å². The molecule has 4 aromatic rings. The number of anilines is 1. The van der Waals surface area contributed by atoms with E-state index in [4.69, 9.17) is 15.5 Å². The summed E-state index contributed by atoms with van der Waals surface area (Å²) >= 11 is 5.33. The molecule has 0 atom stereocenters. The van der Waals surface area contributed by atoms with Crippen LogP contribution in [0.5, 0.6) is 5.88 Å². The van der Waals surface area contributed by atoms with Gasteiger partial charge < -0.3 is 10.5 Å².